The maximum atomic E-state index is 12.4. The Morgan fingerprint density at radius 3 is 2.53 bits per heavy atom. The molecule has 0 saturated heterocycles. The van der Waals surface area contributed by atoms with Crippen LogP contribution in [0.4, 0.5) is 0 Å². The largest absolute Gasteiger partial charge is 0.491 e. The van der Waals surface area contributed by atoms with Gasteiger partial charge in [-0.2, -0.15) is 0 Å². The van der Waals surface area contributed by atoms with Crippen molar-refractivity contribution >= 4 is 12.2 Å². The van der Waals surface area contributed by atoms with Crippen molar-refractivity contribution in [3.05, 3.63) is 27.7 Å². The van der Waals surface area contributed by atoms with E-state index in [1.807, 2.05) is 13.8 Å². The van der Waals surface area contributed by atoms with Gasteiger partial charge in [0.15, 0.2) is 17.7 Å². The molecule has 0 atom stereocenters. The van der Waals surface area contributed by atoms with Crippen molar-refractivity contribution in [3.63, 3.8) is 0 Å². The first kappa shape index (κ1) is 13.3. The molecule has 0 fully saturated rings. The first-order chi connectivity index (χ1) is 9.01. The third-order valence-corrected chi connectivity index (χ3v) is 3.27. The second-order valence-electron chi connectivity index (χ2n) is 4.70. The highest BCUT2D eigenvalue weighted by atomic mass is 16.5. The highest BCUT2D eigenvalue weighted by Crippen LogP contribution is 2.22. The van der Waals surface area contributed by atoms with Crippen LogP contribution < -0.4 is 10.2 Å². The van der Waals surface area contributed by atoms with Crippen molar-refractivity contribution in [3.8, 4) is 5.75 Å². The highest BCUT2D eigenvalue weighted by Gasteiger charge is 2.31. The number of amides is 1. The first-order valence-electron chi connectivity index (χ1n) is 6.08. The van der Waals surface area contributed by atoms with Gasteiger partial charge in [0.25, 0.3) is 5.91 Å². The van der Waals surface area contributed by atoms with E-state index in [1.54, 1.807) is 9.47 Å². The Balaban J connectivity index is 2.66. The lowest BCUT2D eigenvalue weighted by molar-refractivity contribution is 0.0640. The molecular weight excluding hydrogens is 248 g/mol. The van der Waals surface area contributed by atoms with E-state index in [0.717, 1.165) is 0 Å². The fraction of sp³-hybridized carbons (Fsp3) is 0.462. The molecule has 0 spiro atoms. The standard InChI is InChI=1S/C13H16N2O4/c1-8(2)15-5-4-14-6-9(7-16)11(17)12(19-3)10(14)13(15)18/h6-8H,4-5H2,1-3H3. The second-order valence-corrected chi connectivity index (χ2v) is 4.70. The van der Waals surface area contributed by atoms with Gasteiger partial charge in [-0.05, 0) is 13.8 Å². The van der Waals surface area contributed by atoms with Crippen LogP contribution in [0.3, 0.4) is 0 Å². The number of carbonyl (C=O) groups excluding carboxylic acids is 2. The molecule has 2 heterocycles. The Labute approximate surface area is 110 Å². The minimum atomic E-state index is -0.539. The summed E-state index contributed by atoms with van der Waals surface area (Å²) < 4.78 is 6.66. The number of rotatable bonds is 3. The molecule has 0 radical (unpaired) electrons. The Hall–Kier alpha value is -2.11. The van der Waals surface area contributed by atoms with E-state index in [4.69, 9.17) is 4.74 Å². The second kappa shape index (κ2) is 4.87. The normalized spacial score (nSPS) is 14.5. The topological polar surface area (TPSA) is 68.6 Å². The number of methoxy groups -OCH3 is 1. The lowest BCUT2D eigenvalue weighted by Crippen LogP contribution is -2.45. The van der Waals surface area contributed by atoms with Gasteiger partial charge in [0.2, 0.25) is 5.43 Å². The van der Waals surface area contributed by atoms with Gasteiger partial charge in [-0.1, -0.05) is 0 Å². The maximum absolute atomic E-state index is 12.4. The molecular formula is C13H16N2O4. The van der Waals surface area contributed by atoms with Crippen molar-refractivity contribution in [1.29, 1.82) is 0 Å². The summed E-state index contributed by atoms with van der Waals surface area (Å²) in [7, 11) is 1.33. The van der Waals surface area contributed by atoms with E-state index in [9.17, 15) is 14.4 Å². The molecule has 1 amide bonds. The lowest BCUT2D eigenvalue weighted by Gasteiger charge is -2.33. The van der Waals surface area contributed by atoms with E-state index in [1.165, 1.54) is 13.3 Å². The average Bonchev–Trinajstić information content (AvgIpc) is 2.38. The van der Waals surface area contributed by atoms with Gasteiger partial charge in [-0.3, -0.25) is 14.4 Å². The summed E-state index contributed by atoms with van der Waals surface area (Å²) in [4.78, 5) is 36.9. The molecule has 0 aromatic carbocycles. The van der Waals surface area contributed by atoms with Crippen molar-refractivity contribution in [2.75, 3.05) is 13.7 Å². The van der Waals surface area contributed by atoms with E-state index in [-0.39, 0.29) is 29.0 Å². The van der Waals surface area contributed by atoms with Gasteiger partial charge < -0.3 is 14.2 Å². The summed E-state index contributed by atoms with van der Waals surface area (Å²) in [5, 5.41) is 0. The molecule has 102 valence electrons. The van der Waals surface area contributed by atoms with Gasteiger partial charge in [0, 0.05) is 25.3 Å². The van der Waals surface area contributed by atoms with Crippen LogP contribution in [0.5, 0.6) is 5.75 Å². The number of hydrogen-bond donors (Lipinski definition) is 0. The number of aldehydes is 1. The van der Waals surface area contributed by atoms with Crippen LogP contribution in [0.15, 0.2) is 11.0 Å². The Kier molecular flexibility index (Phi) is 3.42. The third kappa shape index (κ3) is 2.03. The minimum absolute atomic E-state index is 0.00592. The smallest absolute Gasteiger partial charge is 0.274 e. The number of carbonyl (C=O) groups is 2. The van der Waals surface area contributed by atoms with Gasteiger partial charge in [0.1, 0.15) is 0 Å². The van der Waals surface area contributed by atoms with E-state index in [2.05, 4.69) is 0 Å². The number of hydrogen-bond acceptors (Lipinski definition) is 4. The van der Waals surface area contributed by atoms with Crippen LogP contribution in [0.2, 0.25) is 0 Å². The van der Waals surface area contributed by atoms with Crippen LogP contribution in [0, 0.1) is 0 Å². The van der Waals surface area contributed by atoms with Gasteiger partial charge >= 0.3 is 0 Å². The van der Waals surface area contributed by atoms with Gasteiger partial charge in [-0.15, -0.1) is 0 Å². The molecule has 1 aromatic rings. The third-order valence-electron chi connectivity index (χ3n) is 3.27. The minimum Gasteiger partial charge on any atom is -0.491 e. The maximum Gasteiger partial charge on any atom is 0.274 e. The first-order valence-corrected chi connectivity index (χ1v) is 6.08. The zero-order chi connectivity index (χ0) is 14.2. The fourth-order valence-corrected chi connectivity index (χ4v) is 2.28. The van der Waals surface area contributed by atoms with E-state index in [0.29, 0.717) is 19.4 Å². The predicted molar refractivity (Wildman–Crippen MR) is 68.8 cm³/mol. The van der Waals surface area contributed by atoms with E-state index >= 15 is 0 Å². The summed E-state index contributed by atoms with van der Waals surface area (Å²) in [5.74, 6) is -0.299. The van der Waals surface area contributed by atoms with Crippen LogP contribution in [0.25, 0.3) is 0 Å². The number of aromatic nitrogens is 1. The van der Waals surface area contributed by atoms with Gasteiger partial charge in [-0.25, -0.2) is 0 Å². The van der Waals surface area contributed by atoms with Crippen molar-refractivity contribution in [2.45, 2.75) is 26.4 Å². The molecule has 0 unspecified atom stereocenters. The zero-order valence-corrected chi connectivity index (χ0v) is 11.2. The number of nitrogens with zero attached hydrogens (tertiary/aromatic N) is 2. The molecule has 0 bridgehead atoms. The summed E-state index contributed by atoms with van der Waals surface area (Å²) in [5.41, 5.74) is -0.313. The Morgan fingerprint density at radius 2 is 2.00 bits per heavy atom. The van der Waals surface area contributed by atoms with E-state index < -0.39 is 5.43 Å². The number of pyridine rings is 1. The fourth-order valence-electron chi connectivity index (χ4n) is 2.28. The zero-order valence-electron chi connectivity index (χ0n) is 11.2. The molecule has 6 nitrogen and oxygen atoms in total. The molecule has 1 aliphatic heterocycles. The van der Waals surface area contributed by atoms with Crippen molar-refractivity contribution in [1.82, 2.24) is 9.47 Å². The summed E-state index contributed by atoms with van der Waals surface area (Å²) >= 11 is 0. The monoisotopic (exact) mass is 264 g/mol. The number of ether oxygens (including phenoxy) is 1. The predicted octanol–water partition coefficient (Wildman–Crippen LogP) is 0.534. The van der Waals surface area contributed by atoms with Crippen molar-refractivity contribution in [2.24, 2.45) is 0 Å². The molecule has 0 aliphatic carbocycles. The molecule has 6 heteroatoms. The van der Waals surface area contributed by atoms with Crippen LogP contribution >= 0.6 is 0 Å². The van der Waals surface area contributed by atoms with Crippen LogP contribution in [0.1, 0.15) is 34.7 Å². The number of fused-ring (bicyclic) bond motifs is 1. The summed E-state index contributed by atoms with van der Waals surface area (Å²) in [6.45, 7) is 4.92. The SMILES string of the molecule is COc1c2n(cc(C=O)c1=O)CCN(C(C)C)C2=O. The highest BCUT2D eigenvalue weighted by molar-refractivity contribution is 5.96. The quantitative estimate of drug-likeness (QED) is 0.747. The van der Waals surface area contributed by atoms with Crippen molar-refractivity contribution < 1.29 is 14.3 Å². The average molecular weight is 264 g/mol. The molecule has 1 aliphatic rings. The Bertz CT molecular complexity index is 589. The van der Waals surface area contributed by atoms with Crippen LogP contribution in [-0.2, 0) is 6.54 Å². The molecule has 1 aromatic heterocycles. The lowest BCUT2D eigenvalue weighted by atomic mass is 10.1. The summed E-state index contributed by atoms with van der Waals surface area (Å²) in [6.07, 6.45) is 1.90. The van der Waals surface area contributed by atoms with Gasteiger partial charge in [0.05, 0.1) is 12.7 Å². The summed E-state index contributed by atoms with van der Waals surface area (Å²) in [6, 6.07) is 0.0480. The Morgan fingerprint density at radius 1 is 1.32 bits per heavy atom. The van der Waals surface area contributed by atoms with Crippen LogP contribution in [-0.4, -0.2) is 41.4 Å². The molecule has 19 heavy (non-hydrogen) atoms. The molecule has 0 saturated carbocycles. The molecule has 0 N–H and O–H groups in total. The molecule has 2 rings (SSSR count).